The van der Waals surface area contributed by atoms with E-state index >= 15 is 0 Å². The number of hydrogen-bond acceptors (Lipinski definition) is 6. The third-order valence-electron chi connectivity index (χ3n) is 4.77. The molecule has 2 rings (SSSR count). The first-order chi connectivity index (χ1) is 15.4. The summed E-state index contributed by atoms with van der Waals surface area (Å²) in [6, 6.07) is 17.6. The zero-order valence-electron chi connectivity index (χ0n) is 18.1. The maximum Gasteiger partial charge on any atom is 0.508 e. The van der Waals surface area contributed by atoms with Crippen molar-refractivity contribution in [2.75, 3.05) is 13.2 Å². The highest BCUT2D eigenvalue weighted by molar-refractivity contribution is 5.80. The molecule has 0 saturated heterocycles. The number of alkyl carbamates (subject to hydrolysis) is 1. The van der Waals surface area contributed by atoms with Crippen LogP contribution in [-0.4, -0.2) is 42.6 Å². The Labute approximate surface area is 187 Å². The van der Waals surface area contributed by atoms with E-state index in [0.29, 0.717) is 12.3 Å². The zero-order valence-corrected chi connectivity index (χ0v) is 18.1. The van der Waals surface area contributed by atoms with Gasteiger partial charge in [-0.15, -0.1) is 0 Å². The van der Waals surface area contributed by atoms with Crippen molar-refractivity contribution < 1.29 is 33.7 Å². The lowest BCUT2D eigenvalue weighted by atomic mass is 9.99. The lowest BCUT2D eigenvalue weighted by Crippen LogP contribution is -2.44. The third-order valence-corrected chi connectivity index (χ3v) is 4.77. The summed E-state index contributed by atoms with van der Waals surface area (Å²) in [6.45, 7) is 1.66. The molecule has 0 aliphatic rings. The fourth-order valence-corrected chi connectivity index (χ4v) is 2.82. The van der Waals surface area contributed by atoms with Crippen LogP contribution in [0.1, 0.15) is 30.9 Å². The molecule has 0 bridgehead atoms. The van der Waals surface area contributed by atoms with Crippen LogP contribution in [0.4, 0.5) is 9.59 Å². The highest BCUT2D eigenvalue weighted by atomic mass is 16.7. The second-order valence-corrected chi connectivity index (χ2v) is 7.42. The van der Waals surface area contributed by atoms with Crippen molar-refractivity contribution >= 4 is 18.2 Å². The number of nitrogens with one attached hydrogen (secondary N) is 1. The van der Waals surface area contributed by atoms with Gasteiger partial charge in [0.2, 0.25) is 0 Å². The molecule has 32 heavy (non-hydrogen) atoms. The van der Waals surface area contributed by atoms with Crippen LogP contribution in [-0.2, 0) is 32.0 Å². The van der Waals surface area contributed by atoms with E-state index in [1.807, 2.05) is 24.3 Å². The van der Waals surface area contributed by atoms with Crippen LogP contribution in [0.5, 0.6) is 0 Å². The Bertz CT molecular complexity index is 842. The van der Waals surface area contributed by atoms with E-state index in [1.165, 1.54) is 5.56 Å². The molecule has 0 heterocycles. The molecule has 0 saturated carbocycles. The molecule has 8 nitrogen and oxygen atoms in total. The zero-order chi connectivity index (χ0) is 23.2. The fourth-order valence-electron chi connectivity index (χ4n) is 2.82. The molecule has 2 unspecified atom stereocenters. The number of benzene rings is 2. The molecule has 172 valence electrons. The van der Waals surface area contributed by atoms with E-state index in [-0.39, 0.29) is 13.2 Å². The second-order valence-electron chi connectivity index (χ2n) is 7.42. The maximum absolute atomic E-state index is 11.8. The van der Waals surface area contributed by atoms with Gasteiger partial charge in [0.15, 0.2) is 6.04 Å². The van der Waals surface area contributed by atoms with Gasteiger partial charge in [0, 0.05) is 0 Å². The van der Waals surface area contributed by atoms with Gasteiger partial charge in [0.05, 0.1) is 6.61 Å². The summed E-state index contributed by atoms with van der Waals surface area (Å²) >= 11 is 0. The van der Waals surface area contributed by atoms with Crippen LogP contribution in [0.2, 0.25) is 0 Å². The Morgan fingerprint density at radius 1 is 0.875 bits per heavy atom. The SMILES string of the molecule is CC(CCOC(=O)OCC(NC(=O)OCc1ccccc1)C(=O)O)CCc1ccccc1. The van der Waals surface area contributed by atoms with Crippen LogP contribution in [0.25, 0.3) is 0 Å². The van der Waals surface area contributed by atoms with Gasteiger partial charge in [-0.1, -0.05) is 67.6 Å². The summed E-state index contributed by atoms with van der Waals surface area (Å²) in [5, 5.41) is 11.4. The number of carboxylic acid groups (broad SMARTS) is 1. The first-order valence-corrected chi connectivity index (χ1v) is 10.5. The summed E-state index contributed by atoms with van der Waals surface area (Å²) in [7, 11) is 0. The monoisotopic (exact) mass is 443 g/mol. The Morgan fingerprint density at radius 2 is 1.50 bits per heavy atom. The minimum atomic E-state index is -1.45. The van der Waals surface area contributed by atoms with Crippen molar-refractivity contribution in [3.05, 3.63) is 71.8 Å². The van der Waals surface area contributed by atoms with Crippen molar-refractivity contribution in [2.24, 2.45) is 5.92 Å². The molecule has 1 amide bonds. The van der Waals surface area contributed by atoms with Crippen molar-refractivity contribution in [3.8, 4) is 0 Å². The minimum absolute atomic E-state index is 0.00956. The van der Waals surface area contributed by atoms with Crippen LogP contribution in [0.3, 0.4) is 0 Å². The molecule has 0 spiro atoms. The van der Waals surface area contributed by atoms with Gasteiger partial charge in [0.1, 0.15) is 13.2 Å². The number of carbonyl (C=O) groups is 3. The molecular weight excluding hydrogens is 414 g/mol. The van der Waals surface area contributed by atoms with E-state index in [9.17, 15) is 19.5 Å². The number of carbonyl (C=O) groups excluding carboxylic acids is 2. The van der Waals surface area contributed by atoms with Crippen molar-refractivity contribution in [3.63, 3.8) is 0 Å². The lowest BCUT2D eigenvalue weighted by molar-refractivity contribution is -0.140. The number of hydrogen-bond donors (Lipinski definition) is 2. The van der Waals surface area contributed by atoms with Crippen LogP contribution >= 0.6 is 0 Å². The number of ether oxygens (including phenoxy) is 3. The smallest absolute Gasteiger partial charge is 0.480 e. The van der Waals surface area contributed by atoms with Crippen molar-refractivity contribution in [1.82, 2.24) is 5.32 Å². The predicted molar refractivity (Wildman–Crippen MR) is 117 cm³/mol. The summed E-state index contributed by atoms with van der Waals surface area (Å²) in [4.78, 5) is 34.9. The Kier molecular flexibility index (Phi) is 10.6. The first-order valence-electron chi connectivity index (χ1n) is 10.5. The number of aliphatic carboxylic acids is 1. The summed E-state index contributed by atoms with van der Waals surface area (Å²) in [5.41, 5.74) is 2.02. The van der Waals surface area contributed by atoms with E-state index < -0.39 is 30.9 Å². The van der Waals surface area contributed by atoms with Gasteiger partial charge < -0.3 is 24.6 Å². The number of carboxylic acids is 1. The topological polar surface area (TPSA) is 111 Å². The average molecular weight is 443 g/mol. The minimum Gasteiger partial charge on any atom is -0.480 e. The van der Waals surface area contributed by atoms with Crippen LogP contribution < -0.4 is 5.32 Å². The molecule has 2 atom stereocenters. The Hall–Kier alpha value is -3.55. The Balaban J connectivity index is 1.62. The molecule has 8 heteroatoms. The van der Waals surface area contributed by atoms with Gasteiger partial charge in [-0.05, 0) is 36.3 Å². The van der Waals surface area contributed by atoms with E-state index in [0.717, 1.165) is 18.4 Å². The normalized spacial score (nSPS) is 12.3. The Morgan fingerprint density at radius 3 is 2.12 bits per heavy atom. The molecule has 2 aromatic carbocycles. The molecule has 0 aliphatic carbocycles. The summed E-state index contributed by atoms with van der Waals surface area (Å²) in [6.07, 6.45) is 0.655. The second kappa shape index (κ2) is 13.7. The van der Waals surface area contributed by atoms with Gasteiger partial charge in [-0.2, -0.15) is 0 Å². The largest absolute Gasteiger partial charge is 0.508 e. The fraction of sp³-hybridized carbons (Fsp3) is 0.375. The van der Waals surface area contributed by atoms with Gasteiger partial charge in [0.25, 0.3) is 0 Å². The standard InChI is InChI=1S/C24H29NO7/c1-18(12-13-19-8-4-2-5-9-19)14-15-30-24(29)32-17-21(22(26)27)25-23(28)31-16-20-10-6-3-7-11-20/h2-11,18,21H,12-17H2,1H3,(H,25,28)(H,26,27). The quantitative estimate of drug-likeness (QED) is 0.473. The van der Waals surface area contributed by atoms with E-state index in [4.69, 9.17) is 14.2 Å². The molecule has 2 N–H and O–H groups in total. The number of aryl methyl sites for hydroxylation is 1. The van der Waals surface area contributed by atoms with Gasteiger partial charge in [-0.25, -0.2) is 14.4 Å². The molecule has 0 aliphatic heterocycles. The number of amides is 1. The third kappa shape index (κ3) is 9.97. The molecule has 0 aromatic heterocycles. The predicted octanol–water partition coefficient (Wildman–Crippen LogP) is 4.18. The van der Waals surface area contributed by atoms with E-state index in [1.54, 1.807) is 24.3 Å². The summed E-state index contributed by atoms with van der Waals surface area (Å²) < 4.78 is 14.8. The molecular formula is C24H29NO7. The lowest BCUT2D eigenvalue weighted by Gasteiger charge is -2.15. The van der Waals surface area contributed by atoms with Crippen LogP contribution in [0, 0.1) is 5.92 Å². The molecule has 0 radical (unpaired) electrons. The van der Waals surface area contributed by atoms with Crippen molar-refractivity contribution in [2.45, 2.75) is 38.8 Å². The number of rotatable bonds is 12. The highest BCUT2D eigenvalue weighted by Gasteiger charge is 2.23. The average Bonchev–Trinajstić information content (AvgIpc) is 2.80. The van der Waals surface area contributed by atoms with Gasteiger partial charge in [-0.3, -0.25) is 0 Å². The van der Waals surface area contributed by atoms with Crippen LogP contribution in [0.15, 0.2) is 60.7 Å². The highest BCUT2D eigenvalue weighted by Crippen LogP contribution is 2.13. The van der Waals surface area contributed by atoms with Gasteiger partial charge >= 0.3 is 18.2 Å². The first kappa shape index (κ1) is 24.7. The maximum atomic E-state index is 11.8. The molecule has 2 aromatic rings. The molecule has 0 fully saturated rings. The summed E-state index contributed by atoms with van der Waals surface area (Å²) in [5.74, 6) is -1.01. The van der Waals surface area contributed by atoms with Crippen molar-refractivity contribution in [1.29, 1.82) is 0 Å². The van der Waals surface area contributed by atoms with E-state index in [2.05, 4.69) is 24.4 Å².